The van der Waals surface area contributed by atoms with Gasteiger partial charge in [0.05, 0.1) is 23.4 Å². The van der Waals surface area contributed by atoms with Gasteiger partial charge in [0.15, 0.2) is 0 Å². The van der Waals surface area contributed by atoms with Crippen molar-refractivity contribution < 1.29 is 0 Å². The number of thiazole rings is 1. The van der Waals surface area contributed by atoms with E-state index >= 15 is 0 Å². The molecule has 0 fully saturated rings. The minimum absolute atomic E-state index is 0.0304. The van der Waals surface area contributed by atoms with Crippen LogP contribution in [0.3, 0.4) is 0 Å². The van der Waals surface area contributed by atoms with Crippen molar-refractivity contribution in [2.24, 2.45) is 5.73 Å². The molecule has 2 aromatic rings. The minimum atomic E-state index is -0.0304. The first-order valence-electron chi connectivity index (χ1n) is 4.92. The number of hydrogen-bond acceptors (Lipinski definition) is 4. The lowest BCUT2D eigenvalue weighted by Crippen LogP contribution is -2.03. The average Bonchev–Trinajstić information content (AvgIpc) is 2.78. The third kappa shape index (κ3) is 2.11. The van der Waals surface area contributed by atoms with Crippen molar-refractivity contribution in [3.8, 4) is 17.3 Å². The van der Waals surface area contributed by atoms with Crippen LogP contribution in [0.2, 0.25) is 0 Å². The molecule has 0 saturated carbocycles. The summed E-state index contributed by atoms with van der Waals surface area (Å²) in [4.78, 5) is 4.45. The van der Waals surface area contributed by atoms with Crippen LogP contribution in [0.1, 0.15) is 23.5 Å². The van der Waals surface area contributed by atoms with E-state index in [0.29, 0.717) is 5.56 Å². The lowest BCUT2D eigenvalue weighted by Gasteiger charge is -1.98. The smallest absolute Gasteiger partial charge is 0.110 e. The Bertz CT molecular complexity index is 520. The van der Waals surface area contributed by atoms with Crippen LogP contribution in [-0.4, -0.2) is 4.98 Å². The molecule has 80 valence electrons. The van der Waals surface area contributed by atoms with Crippen LogP contribution in [0, 0.1) is 11.3 Å². The van der Waals surface area contributed by atoms with Crippen LogP contribution in [-0.2, 0) is 0 Å². The second kappa shape index (κ2) is 4.44. The number of nitrogens with zero attached hydrogens (tertiary/aromatic N) is 2. The predicted octanol–water partition coefficient (Wildman–Crippen LogP) is 2.70. The molecule has 0 aliphatic heterocycles. The molecule has 0 radical (unpaired) electrons. The summed E-state index contributed by atoms with van der Waals surface area (Å²) in [5.74, 6) is 0. The molecule has 0 spiro atoms. The number of aromatic nitrogens is 1. The van der Waals surface area contributed by atoms with Crippen LogP contribution in [0.25, 0.3) is 11.3 Å². The largest absolute Gasteiger partial charge is 0.322 e. The zero-order chi connectivity index (χ0) is 11.5. The standard InChI is InChI=1S/C12H11N3S/c1-8(14)12-15-11(7-16-12)10-4-2-9(6-13)3-5-10/h2-5,7-8H,14H2,1H3. The van der Waals surface area contributed by atoms with Crippen molar-refractivity contribution in [2.45, 2.75) is 13.0 Å². The molecule has 2 rings (SSSR count). The molecule has 0 saturated heterocycles. The van der Waals surface area contributed by atoms with Crippen molar-refractivity contribution in [1.29, 1.82) is 5.26 Å². The Kier molecular flexibility index (Phi) is 3.00. The predicted molar refractivity (Wildman–Crippen MR) is 64.9 cm³/mol. The van der Waals surface area contributed by atoms with Gasteiger partial charge in [0.25, 0.3) is 0 Å². The number of nitriles is 1. The van der Waals surface area contributed by atoms with Gasteiger partial charge < -0.3 is 5.73 Å². The highest BCUT2D eigenvalue weighted by Gasteiger charge is 2.07. The lowest BCUT2D eigenvalue weighted by atomic mass is 10.1. The van der Waals surface area contributed by atoms with E-state index in [1.165, 1.54) is 0 Å². The van der Waals surface area contributed by atoms with E-state index < -0.39 is 0 Å². The number of nitrogens with two attached hydrogens (primary N) is 1. The zero-order valence-electron chi connectivity index (χ0n) is 8.84. The van der Waals surface area contributed by atoms with Gasteiger partial charge in [-0.2, -0.15) is 5.26 Å². The summed E-state index contributed by atoms with van der Waals surface area (Å²) in [5, 5.41) is 11.6. The van der Waals surface area contributed by atoms with E-state index in [-0.39, 0.29) is 6.04 Å². The molecule has 0 amide bonds. The van der Waals surface area contributed by atoms with Crippen molar-refractivity contribution >= 4 is 11.3 Å². The van der Waals surface area contributed by atoms with Crippen LogP contribution in [0.5, 0.6) is 0 Å². The molecule has 1 unspecified atom stereocenters. The van der Waals surface area contributed by atoms with Gasteiger partial charge in [-0.3, -0.25) is 0 Å². The SMILES string of the molecule is CC(N)c1nc(-c2ccc(C#N)cc2)cs1. The monoisotopic (exact) mass is 229 g/mol. The van der Waals surface area contributed by atoms with Gasteiger partial charge >= 0.3 is 0 Å². The maximum Gasteiger partial charge on any atom is 0.110 e. The second-order valence-electron chi connectivity index (χ2n) is 3.55. The van der Waals surface area contributed by atoms with E-state index in [9.17, 15) is 0 Å². The first-order chi connectivity index (χ1) is 7.70. The number of rotatable bonds is 2. The summed E-state index contributed by atoms with van der Waals surface area (Å²) >= 11 is 1.56. The quantitative estimate of drug-likeness (QED) is 0.861. The van der Waals surface area contributed by atoms with Crippen molar-refractivity contribution in [2.75, 3.05) is 0 Å². The van der Waals surface area contributed by atoms with Gasteiger partial charge in [-0.1, -0.05) is 12.1 Å². The van der Waals surface area contributed by atoms with Crippen molar-refractivity contribution in [1.82, 2.24) is 4.98 Å². The van der Waals surface area contributed by atoms with Gasteiger partial charge in [0.1, 0.15) is 5.01 Å². The summed E-state index contributed by atoms with van der Waals surface area (Å²) in [6, 6.07) is 9.45. The van der Waals surface area contributed by atoms with E-state index in [1.54, 1.807) is 23.5 Å². The van der Waals surface area contributed by atoms with Crippen LogP contribution in [0.4, 0.5) is 0 Å². The average molecular weight is 229 g/mol. The molecule has 4 heteroatoms. The van der Waals surface area contributed by atoms with E-state index in [0.717, 1.165) is 16.3 Å². The third-order valence-electron chi connectivity index (χ3n) is 2.22. The molecular weight excluding hydrogens is 218 g/mol. The Balaban J connectivity index is 2.32. The Morgan fingerprint density at radius 3 is 2.56 bits per heavy atom. The van der Waals surface area contributed by atoms with Crippen molar-refractivity contribution in [3.63, 3.8) is 0 Å². The maximum absolute atomic E-state index is 8.70. The molecule has 1 heterocycles. The first kappa shape index (κ1) is 10.8. The summed E-state index contributed by atoms with van der Waals surface area (Å²) < 4.78 is 0. The fourth-order valence-corrected chi connectivity index (χ4v) is 2.13. The van der Waals surface area contributed by atoms with Crippen LogP contribution >= 0.6 is 11.3 Å². The van der Waals surface area contributed by atoms with Crippen LogP contribution in [0.15, 0.2) is 29.6 Å². The highest BCUT2D eigenvalue weighted by atomic mass is 32.1. The minimum Gasteiger partial charge on any atom is -0.322 e. The summed E-state index contributed by atoms with van der Waals surface area (Å²) in [5.41, 5.74) is 8.35. The highest BCUT2D eigenvalue weighted by Crippen LogP contribution is 2.24. The zero-order valence-corrected chi connectivity index (χ0v) is 9.66. The van der Waals surface area contributed by atoms with E-state index in [2.05, 4.69) is 11.1 Å². The molecule has 0 bridgehead atoms. The Morgan fingerprint density at radius 2 is 2.06 bits per heavy atom. The summed E-state index contributed by atoms with van der Waals surface area (Å²) in [6.07, 6.45) is 0. The fourth-order valence-electron chi connectivity index (χ4n) is 1.34. The molecule has 1 atom stereocenters. The number of benzene rings is 1. The van der Waals surface area contributed by atoms with Gasteiger partial charge in [-0.25, -0.2) is 4.98 Å². The van der Waals surface area contributed by atoms with Gasteiger partial charge in [0, 0.05) is 10.9 Å². The van der Waals surface area contributed by atoms with Gasteiger partial charge in [-0.05, 0) is 19.1 Å². The molecular formula is C12H11N3S. The molecule has 0 aliphatic carbocycles. The van der Waals surface area contributed by atoms with Gasteiger partial charge in [0.2, 0.25) is 0 Å². The third-order valence-corrected chi connectivity index (χ3v) is 3.27. The normalized spacial score (nSPS) is 12.1. The summed E-state index contributed by atoms with van der Waals surface area (Å²) in [7, 11) is 0. The molecule has 16 heavy (non-hydrogen) atoms. The first-order valence-corrected chi connectivity index (χ1v) is 5.80. The number of hydrogen-bond donors (Lipinski definition) is 1. The Labute approximate surface area is 98.2 Å². The van der Waals surface area contributed by atoms with E-state index in [1.807, 2.05) is 24.4 Å². The highest BCUT2D eigenvalue weighted by molar-refractivity contribution is 7.10. The molecule has 2 N–H and O–H groups in total. The molecule has 1 aromatic carbocycles. The van der Waals surface area contributed by atoms with Crippen LogP contribution < -0.4 is 5.73 Å². The Morgan fingerprint density at radius 1 is 1.38 bits per heavy atom. The molecule has 0 aliphatic rings. The topological polar surface area (TPSA) is 62.7 Å². The summed E-state index contributed by atoms with van der Waals surface area (Å²) in [6.45, 7) is 1.92. The van der Waals surface area contributed by atoms with E-state index in [4.69, 9.17) is 11.0 Å². The second-order valence-corrected chi connectivity index (χ2v) is 4.44. The molecule has 3 nitrogen and oxygen atoms in total. The fraction of sp³-hybridized carbons (Fsp3) is 0.167. The lowest BCUT2D eigenvalue weighted by molar-refractivity contribution is 0.808. The maximum atomic E-state index is 8.70. The van der Waals surface area contributed by atoms with Gasteiger partial charge in [-0.15, -0.1) is 11.3 Å². The van der Waals surface area contributed by atoms with Crippen molar-refractivity contribution in [3.05, 3.63) is 40.2 Å². The Hall–Kier alpha value is -1.70. The molecule has 1 aromatic heterocycles.